The molecule has 25 heavy (non-hydrogen) atoms. The van der Waals surface area contributed by atoms with Gasteiger partial charge < -0.3 is 4.74 Å². The van der Waals surface area contributed by atoms with Gasteiger partial charge in [-0.1, -0.05) is 30.3 Å². The van der Waals surface area contributed by atoms with Crippen molar-refractivity contribution < 1.29 is 9.53 Å². The van der Waals surface area contributed by atoms with Crippen LogP contribution in [0.15, 0.2) is 64.5 Å². The maximum absolute atomic E-state index is 12.8. The van der Waals surface area contributed by atoms with Gasteiger partial charge in [0.2, 0.25) is 0 Å². The fourth-order valence-corrected chi connectivity index (χ4v) is 3.64. The Kier molecular flexibility index (Phi) is 5.24. The standard InChI is InChI=1S/C20H20N2O2S/c1-14(2)22-19(23)18(13-15-8-7-11-17(12-15)24-3)25-20(22)21-16-9-5-4-6-10-16/h4-14H,1-3H3/b18-13+,21-20?. The molecule has 0 saturated carbocycles. The molecule has 3 rings (SSSR count). The van der Waals surface area contributed by atoms with E-state index in [0.29, 0.717) is 10.1 Å². The highest BCUT2D eigenvalue weighted by Crippen LogP contribution is 2.35. The predicted octanol–water partition coefficient (Wildman–Crippen LogP) is 4.71. The summed E-state index contributed by atoms with van der Waals surface area (Å²) in [6.07, 6.45) is 1.89. The molecule has 1 aliphatic rings. The molecule has 2 aromatic carbocycles. The van der Waals surface area contributed by atoms with Gasteiger partial charge in [-0.2, -0.15) is 0 Å². The van der Waals surface area contributed by atoms with Gasteiger partial charge in [0.15, 0.2) is 5.17 Å². The predicted molar refractivity (Wildman–Crippen MR) is 104 cm³/mol. The number of aliphatic imine (C=N–C) groups is 1. The topological polar surface area (TPSA) is 41.9 Å². The molecule has 128 valence electrons. The van der Waals surface area contributed by atoms with Gasteiger partial charge in [-0.25, -0.2) is 4.99 Å². The molecule has 1 fully saturated rings. The van der Waals surface area contributed by atoms with Crippen LogP contribution in [0.1, 0.15) is 19.4 Å². The Labute approximate surface area is 152 Å². The number of thioether (sulfide) groups is 1. The van der Waals surface area contributed by atoms with Crippen molar-refractivity contribution in [1.82, 2.24) is 4.90 Å². The van der Waals surface area contributed by atoms with Gasteiger partial charge >= 0.3 is 0 Å². The van der Waals surface area contributed by atoms with Gasteiger partial charge in [-0.3, -0.25) is 9.69 Å². The number of benzene rings is 2. The van der Waals surface area contributed by atoms with Crippen LogP contribution in [0.4, 0.5) is 5.69 Å². The summed E-state index contributed by atoms with van der Waals surface area (Å²) < 4.78 is 5.25. The van der Waals surface area contributed by atoms with E-state index in [4.69, 9.17) is 4.74 Å². The minimum atomic E-state index is -0.0162. The number of nitrogens with zero attached hydrogens (tertiary/aromatic N) is 2. The van der Waals surface area contributed by atoms with Gasteiger partial charge in [0, 0.05) is 6.04 Å². The maximum atomic E-state index is 12.8. The first-order valence-corrected chi connectivity index (χ1v) is 8.91. The van der Waals surface area contributed by atoms with Crippen molar-refractivity contribution >= 4 is 34.6 Å². The second-order valence-corrected chi connectivity index (χ2v) is 6.90. The molecule has 0 aromatic heterocycles. The summed E-state index contributed by atoms with van der Waals surface area (Å²) in [6, 6.07) is 17.4. The van der Waals surface area contributed by atoms with Crippen molar-refractivity contribution in [3.05, 3.63) is 65.1 Å². The van der Waals surface area contributed by atoms with E-state index in [9.17, 15) is 4.79 Å². The summed E-state index contributed by atoms with van der Waals surface area (Å²) >= 11 is 1.41. The van der Waals surface area contributed by atoms with E-state index in [2.05, 4.69) is 4.99 Å². The molecule has 0 atom stereocenters. The van der Waals surface area contributed by atoms with Gasteiger partial charge in [-0.05, 0) is 61.5 Å². The zero-order chi connectivity index (χ0) is 17.8. The van der Waals surface area contributed by atoms with Crippen molar-refractivity contribution in [3.63, 3.8) is 0 Å². The zero-order valence-corrected chi connectivity index (χ0v) is 15.3. The van der Waals surface area contributed by atoms with E-state index in [1.165, 1.54) is 11.8 Å². The zero-order valence-electron chi connectivity index (χ0n) is 14.5. The quantitative estimate of drug-likeness (QED) is 0.749. The first kappa shape index (κ1) is 17.3. The molecule has 1 saturated heterocycles. The molecule has 0 bridgehead atoms. The van der Waals surface area contributed by atoms with Crippen LogP contribution < -0.4 is 4.74 Å². The van der Waals surface area contributed by atoms with Gasteiger partial charge in [0.25, 0.3) is 5.91 Å². The Bertz CT molecular complexity index is 829. The number of methoxy groups -OCH3 is 1. The Morgan fingerprint density at radius 1 is 1.12 bits per heavy atom. The number of carbonyl (C=O) groups excluding carboxylic acids is 1. The van der Waals surface area contributed by atoms with E-state index in [0.717, 1.165) is 17.0 Å². The Morgan fingerprint density at radius 3 is 2.56 bits per heavy atom. The molecule has 1 amide bonds. The molecule has 1 heterocycles. The van der Waals surface area contributed by atoms with Crippen molar-refractivity contribution in [3.8, 4) is 5.75 Å². The number of rotatable bonds is 4. The van der Waals surface area contributed by atoms with E-state index < -0.39 is 0 Å². The third kappa shape index (κ3) is 3.94. The lowest BCUT2D eigenvalue weighted by atomic mass is 10.2. The smallest absolute Gasteiger partial charge is 0.266 e. The number of amidine groups is 1. The van der Waals surface area contributed by atoms with Crippen LogP contribution in [0.5, 0.6) is 5.75 Å². The average molecular weight is 352 g/mol. The highest BCUT2D eigenvalue weighted by Gasteiger charge is 2.35. The number of hydrogen-bond donors (Lipinski definition) is 0. The monoisotopic (exact) mass is 352 g/mol. The first-order chi connectivity index (χ1) is 12.1. The summed E-state index contributed by atoms with van der Waals surface area (Å²) in [5.74, 6) is 0.751. The highest BCUT2D eigenvalue weighted by molar-refractivity contribution is 8.18. The number of hydrogen-bond acceptors (Lipinski definition) is 4. The molecule has 0 N–H and O–H groups in total. The number of carbonyl (C=O) groups is 1. The third-order valence-electron chi connectivity index (χ3n) is 3.73. The molecule has 0 aliphatic carbocycles. The van der Waals surface area contributed by atoms with Crippen LogP contribution in [0.2, 0.25) is 0 Å². The van der Waals surface area contributed by atoms with Gasteiger partial charge in [0.05, 0.1) is 17.7 Å². The van der Waals surface area contributed by atoms with Crippen molar-refractivity contribution in [2.75, 3.05) is 7.11 Å². The van der Waals surface area contributed by atoms with Crippen LogP contribution in [0, 0.1) is 0 Å². The summed E-state index contributed by atoms with van der Waals surface area (Å²) in [4.78, 5) is 19.9. The van der Waals surface area contributed by atoms with Crippen LogP contribution in [-0.2, 0) is 4.79 Å². The van der Waals surface area contributed by atoms with Gasteiger partial charge in [-0.15, -0.1) is 0 Å². The summed E-state index contributed by atoms with van der Waals surface area (Å²) in [5, 5.41) is 0.709. The second kappa shape index (κ2) is 7.57. The summed E-state index contributed by atoms with van der Waals surface area (Å²) in [7, 11) is 1.63. The maximum Gasteiger partial charge on any atom is 0.266 e. The number of amides is 1. The van der Waals surface area contributed by atoms with E-state index in [1.807, 2.05) is 74.5 Å². The molecule has 1 aliphatic heterocycles. The molecule has 2 aromatic rings. The van der Waals surface area contributed by atoms with Crippen LogP contribution in [-0.4, -0.2) is 29.1 Å². The summed E-state index contributed by atoms with van der Waals surface area (Å²) in [6.45, 7) is 3.99. The molecule has 4 nitrogen and oxygen atoms in total. The van der Waals surface area contributed by atoms with E-state index in [1.54, 1.807) is 12.0 Å². The molecular formula is C20H20N2O2S. The lowest BCUT2D eigenvalue weighted by Gasteiger charge is -2.19. The van der Waals surface area contributed by atoms with Crippen molar-refractivity contribution in [2.45, 2.75) is 19.9 Å². The Balaban J connectivity index is 1.96. The Morgan fingerprint density at radius 2 is 1.88 bits per heavy atom. The van der Waals surface area contributed by atoms with E-state index in [-0.39, 0.29) is 11.9 Å². The Hall–Kier alpha value is -2.53. The molecular weight excluding hydrogens is 332 g/mol. The lowest BCUT2D eigenvalue weighted by Crippen LogP contribution is -2.35. The molecule has 0 unspecified atom stereocenters. The van der Waals surface area contributed by atoms with Crippen molar-refractivity contribution in [1.29, 1.82) is 0 Å². The normalized spacial score (nSPS) is 17.8. The van der Waals surface area contributed by atoms with Crippen LogP contribution in [0.25, 0.3) is 6.08 Å². The minimum Gasteiger partial charge on any atom is -0.497 e. The number of ether oxygens (including phenoxy) is 1. The minimum absolute atomic E-state index is 0.0162. The third-order valence-corrected chi connectivity index (χ3v) is 4.71. The highest BCUT2D eigenvalue weighted by atomic mass is 32.2. The van der Waals surface area contributed by atoms with Crippen LogP contribution >= 0.6 is 11.8 Å². The SMILES string of the molecule is COc1cccc(/C=C2/SC(=Nc3ccccc3)N(C(C)C)C2=O)c1. The number of para-hydroxylation sites is 1. The van der Waals surface area contributed by atoms with Crippen LogP contribution in [0.3, 0.4) is 0 Å². The van der Waals surface area contributed by atoms with Crippen molar-refractivity contribution in [2.24, 2.45) is 4.99 Å². The average Bonchev–Trinajstić information content (AvgIpc) is 2.91. The fraction of sp³-hybridized carbons (Fsp3) is 0.200. The first-order valence-electron chi connectivity index (χ1n) is 8.09. The largest absolute Gasteiger partial charge is 0.497 e. The fourth-order valence-electron chi connectivity index (χ4n) is 2.52. The lowest BCUT2D eigenvalue weighted by molar-refractivity contribution is -0.123. The summed E-state index contributed by atoms with van der Waals surface area (Å²) in [5.41, 5.74) is 1.77. The molecule has 0 spiro atoms. The van der Waals surface area contributed by atoms with Gasteiger partial charge in [0.1, 0.15) is 5.75 Å². The molecule has 5 heteroatoms. The molecule has 0 radical (unpaired) electrons. The van der Waals surface area contributed by atoms with E-state index >= 15 is 0 Å². The second-order valence-electron chi connectivity index (χ2n) is 5.89.